The molecule has 0 heterocycles. The quantitative estimate of drug-likeness (QED) is 0.639. The van der Waals surface area contributed by atoms with Crippen LogP contribution >= 0.6 is 0 Å². The third kappa shape index (κ3) is 2.60. The zero-order valence-electron chi connectivity index (χ0n) is 7.02. The Bertz CT molecular complexity index is 203. The first-order chi connectivity index (χ1) is 5.33. The Kier molecular flexibility index (Phi) is 2.93. The molecule has 60 valence electrons. The molecule has 0 aliphatic carbocycles. The lowest BCUT2D eigenvalue weighted by Crippen LogP contribution is -2.16. The molecule has 0 radical (unpaired) electrons. The molecule has 0 aliphatic rings. The first-order valence-electron chi connectivity index (χ1n) is 3.78. The summed E-state index contributed by atoms with van der Waals surface area (Å²) in [5, 5.41) is 6.23. The summed E-state index contributed by atoms with van der Waals surface area (Å²) in [4.78, 5) is 0. The maximum atomic E-state index is 3.21. The predicted molar refractivity (Wildman–Crippen MR) is 48.7 cm³/mol. The Morgan fingerprint density at radius 3 is 2.36 bits per heavy atom. The molecule has 1 aromatic rings. The van der Waals surface area contributed by atoms with E-state index in [1.165, 1.54) is 5.56 Å². The highest BCUT2D eigenvalue weighted by molar-refractivity contribution is 5.43. The molecule has 2 N–H and O–H groups in total. The Morgan fingerprint density at radius 2 is 1.82 bits per heavy atom. The lowest BCUT2D eigenvalue weighted by atomic mass is 10.2. The van der Waals surface area contributed by atoms with Gasteiger partial charge in [0.1, 0.15) is 0 Å². The second-order valence-electron chi connectivity index (χ2n) is 2.57. The molecule has 0 saturated carbocycles. The van der Waals surface area contributed by atoms with Crippen molar-refractivity contribution < 1.29 is 0 Å². The fourth-order valence-corrected chi connectivity index (χ4v) is 0.862. The Labute approximate surface area is 67.6 Å². The van der Waals surface area contributed by atoms with Crippen LogP contribution in [0.5, 0.6) is 0 Å². The first kappa shape index (κ1) is 8.08. The maximum Gasteiger partial charge on any atom is 0.0650 e. The van der Waals surface area contributed by atoms with E-state index in [-0.39, 0.29) is 0 Å². The average Bonchev–Trinajstić information content (AvgIpc) is 2.04. The molecule has 0 unspecified atom stereocenters. The van der Waals surface area contributed by atoms with Gasteiger partial charge in [-0.1, -0.05) is 17.7 Å². The third-order valence-corrected chi connectivity index (χ3v) is 1.52. The summed E-state index contributed by atoms with van der Waals surface area (Å²) in [5.74, 6) is 0. The van der Waals surface area contributed by atoms with Gasteiger partial charge in [0.2, 0.25) is 0 Å². The summed E-state index contributed by atoms with van der Waals surface area (Å²) < 4.78 is 0. The Morgan fingerprint density at radius 1 is 1.18 bits per heavy atom. The van der Waals surface area contributed by atoms with E-state index < -0.39 is 0 Å². The average molecular weight is 150 g/mol. The summed E-state index contributed by atoms with van der Waals surface area (Å²) in [6.45, 7) is 2.89. The molecule has 2 heteroatoms. The molecule has 0 bridgehead atoms. The van der Waals surface area contributed by atoms with Crippen molar-refractivity contribution in [3.63, 3.8) is 0 Å². The molecule has 1 rings (SSSR count). The highest BCUT2D eigenvalue weighted by atomic mass is 15.0. The largest absolute Gasteiger partial charge is 0.372 e. The SMILES string of the molecule is CNCNc1ccc(C)cc1. The smallest absolute Gasteiger partial charge is 0.0650 e. The van der Waals surface area contributed by atoms with Gasteiger partial charge >= 0.3 is 0 Å². The minimum Gasteiger partial charge on any atom is -0.372 e. The van der Waals surface area contributed by atoms with Crippen molar-refractivity contribution in [2.75, 3.05) is 19.0 Å². The highest BCUT2D eigenvalue weighted by Gasteiger charge is 1.87. The van der Waals surface area contributed by atoms with Crippen molar-refractivity contribution in [2.45, 2.75) is 6.92 Å². The molecular formula is C9H14N2. The second kappa shape index (κ2) is 3.98. The molecule has 0 fully saturated rings. The lowest BCUT2D eigenvalue weighted by molar-refractivity contribution is 0.874. The summed E-state index contributed by atoms with van der Waals surface area (Å²) in [5.41, 5.74) is 2.45. The Hall–Kier alpha value is -1.02. The van der Waals surface area contributed by atoms with Gasteiger partial charge in [0, 0.05) is 5.69 Å². The summed E-state index contributed by atoms with van der Waals surface area (Å²) in [7, 11) is 1.92. The van der Waals surface area contributed by atoms with Gasteiger partial charge in [-0.25, -0.2) is 0 Å². The molecule has 1 aromatic carbocycles. The molecule has 0 aliphatic heterocycles. The number of hydrogen-bond acceptors (Lipinski definition) is 2. The van der Waals surface area contributed by atoms with Gasteiger partial charge in [-0.05, 0) is 26.1 Å². The van der Waals surface area contributed by atoms with E-state index in [0.717, 1.165) is 12.4 Å². The number of benzene rings is 1. The van der Waals surface area contributed by atoms with E-state index in [9.17, 15) is 0 Å². The normalized spacial score (nSPS) is 9.64. The van der Waals surface area contributed by atoms with Crippen molar-refractivity contribution in [3.8, 4) is 0 Å². The van der Waals surface area contributed by atoms with Gasteiger partial charge in [0.15, 0.2) is 0 Å². The minimum atomic E-state index is 0.809. The van der Waals surface area contributed by atoms with Crippen LogP contribution in [0.25, 0.3) is 0 Å². The number of hydrogen-bond donors (Lipinski definition) is 2. The van der Waals surface area contributed by atoms with Crippen molar-refractivity contribution in [3.05, 3.63) is 29.8 Å². The topological polar surface area (TPSA) is 24.1 Å². The van der Waals surface area contributed by atoms with Crippen molar-refractivity contribution in [1.82, 2.24) is 5.32 Å². The summed E-state index contributed by atoms with van der Waals surface area (Å²) >= 11 is 0. The van der Waals surface area contributed by atoms with Gasteiger partial charge < -0.3 is 10.6 Å². The van der Waals surface area contributed by atoms with Gasteiger partial charge in [-0.3, -0.25) is 0 Å². The number of anilines is 1. The van der Waals surface area contributed by atoms with Crippen LogP contribution < -0.4 is 10.6 Å². The molecule has 0 aromatic heterocycles. The molecule has 0 saturated heterocycles. The van der Waals surface area contributed by atoms with Crippen LogP contribution in [0.2, 0.25) is 0 Å². The van der Waals surface area contributed by atoms with Crippen LogP contribution in [0.3, 0.4) is 0 Å². The monoisotopic (exact) mass is 150 g/mol. The summed E-state index contributed by atoms with van der Waals surface area (Å²) in [6, 6.07) is 8.34. The van der Waals surface area contributed by atoms with E-state index in [2.05, 4.69) is 41.8 Å². The highest BCUT2D eigenvalue weighted by Crippen LogP contribution is 2.06. The molecule has 0 atom stereocenters. The van der Waals surface area contributed by atoms with Crippen molar-refractivity contribution in [1.29, 1.82) is 0 Å². The molecule has 11 heavy (non-hydrogen) atoms. The molecule has 2 nitrogen and oxygen atoms in total. The van der Waals surface area contributed by atoms with Crippen LogP contribution in [0.15, 0.2) is 24.3 Å². The van der Waals surface area contributed by atoms with E-state index in [1.54, 1.807) is 0 Å². The number of aryl methyl sites for hydroxylation is 1. The van der Waals surface area contributed by atoms with E-state index in [0.29, 0.717) is 0 Å². The van der Waals surface area contributed by atoms with Crippen molar-refractivity contribution >= 4 is 5.69 Å². The molecule has 0 amide bonds. The first-order valence-corrected chi connectivity index (χ1v) is 3.78. The zero-order valence-corrected chi connectivity index (χ0v) is 7.02. The van der Waals surface area contributed by atoms with Crippen LogP contribution in [0.4, 0.5) is 5.69 Å². The van der Waals surface area contributed by atoms with Gasteiger partial charge in [-0.2, -0.15) is 0 Å². The van der Waals surface area contributed by atoms with Crippen LogP contribution in [0, 0.1) is 6.92 Å². The third-order valence-electron chi connectivity index (χ3n) is 1.52. The summed E-state index contributed by atoms with van der Waals surface area (Å²) in [6.07, 6.45) is 0. The standard InChI is InChI=1S/C9H14N2/c1-8-3-5-9(6-4-8)11-7-10-2/h3-6,10-11H,7H2,1-2H3. The van der Waals surface area contributed by atoms with Crippen molar-refractivity contribution in [2.24, 2.45) is 0 Å². The van der Waals surface area contributed by atoms with E-state index >= 15 is 0 Å². The molecular weight excluding hydrogens is 136 g/mol. The minimum absolute atomic E-state index is 0.809. The Balaban J connectivity index is 2.52. The predicted octanol–water partition coefficient (Wildman–Crippen LogP) is 1.58. The lowest BCUT2D eigenvalue weighted by Gasteiger charge is -2.04. The maximum absolute atomic E-state index is 3.21. The van der Waals surface area contributed by atoms with Crippen LogP contribution in [-0.4, -0.2) is 13.7 Å². The number of rotatable bonds is 3. The van der Waals surface area contributed by atoms with E-state index in [1.807, 2.05) is 7.05 Å². The fraction of sp³-hybridized carbons (Fsp3) is 0.333. The zero-order chi connectivity index (χ0) is 8.10. The van der Waals surface area contributed by atoms with E-state index in [4.69, 9.17) is 0 Å². The van der Waals surface area contributed by atoms with Crippen LogP contribution in [-0.2, 0) is 0 Å². The second-order valence-corrected chi connectivity index (χ2v) is 2.57. The van der Waals surface area contributed by atoms with Crippen LogP contribution in [0.1, 0.15) is 5.56 Å². The fourth-order valence-electron chi connectivity index (χ4n) is 0.862. The molecule has 0 spiro atoms. The van der Waals surface area contributed by atoms with Gasteiger partial charge in [0.25, 0.3) is 0 Å². The number of nitrogens with one attached hydrogen (secondary N) is 2. The van der Waals surface area contributed by atoms with Gasteiger partial charge in [0.05, 0.1) is 6.67 Å². The van der Waals surface area contributed by atoms with Gasteiger partial charge in [-0.15, -0.1) is 0 Å².